The lowest BCUT2D eigenvalue weighted by atomic mass is 9.47. The van der Waals surface area contributed by atoms with Crippen molar-refractivity contribution in [3.8, 4) is 0 Å². The zero-order chi connectivity index (χ0) is 29.8. The molecule has 11 heteroatoms. The summed E-state index contributed by atoms with van der Waals surface area (Å²) in [4.78, 5) is 63.2. The van der Waals surface area contributed by atoms with E-state index in [1.165, 1.54) is 13.8 Å². The molecule has 0 aromatic rings. The Hall–Kier alpha value is -3.05. The number of Topliss-reactive ketones (excluding diaryl/α,β-unsaturated/α-hetero) is 1. The summed E-state index contributed by atoms with van der Waals surface area (Å²) < 4.78 is 23.1. The predicted molar refractivity (Wildman–Crippen MR) is 135 cm³/mol. The van der Waals surface area contributed by atoms with Gasteiger partial charge in [0.25, 0.3) is 0 Å². The third kappa shape index (κ3) is 4.80. The third-order valence-electron chi connectivity index (χ3n) is 8.77. The molecule has 39 heavy (non-hydrogen) atoms. The van der Waals surface area contributed by atoms with Crippen molar-refractivity contribution in [3.63, 3.8) is 0 Å². The van der Waals surface area contributed by atoms with E-state index in [9.17, 15) is 34.2 Å². The Morgan fingerprint density at radius 1 is 0.872 bits per heavy atom. The lowest BCUT2D eigenvalue weighted by molar-refractivity contribution is -0.253. The van der Waals surface area contributed by atoms with Gasteiger partial charge in [-0.2, -0.15) is 0 Å². The van der Waals surface area contributed by atoms with Crippen LogP contribution in [0.4, 0.5) is 0 Å². The van der Waals surface area contributed by atoms with Gasteiger partial charge in [-0.1, -0.05) is 27.4 Å². The van der Waals surface area contributed by atoms with E-state index in [2.05, 4.69) is 6.58 Å². The van der Waals surface area contributed by atoms with E-state index in [1.807, 2.05) is 0 Å². The first-order valence-electron chi connectivity index (χ1n) is 12.8. The van der Waals surface area contributed by atoms with Gasteiger partial charge >= 0.3 is 23.9 Å². The minimum atomic E-state index is -2.10. The van der Waals surface area contributed by atoms with Crippen LogP contribution in [0.1, 0.15) is 68.2 Å². The van der Waals surface area contributed by atoms with Gasteiger partial charge < -0.3 is 29.2 Å². The van der Waals surface area contributed by atoms with Crippen LogP contribution in [0.5, 0.6) is 0 Å². The number of hydrogen-bond acceptors (Lipinski definition) is 11. The second-order valence-electron chi connectivity index (χ2n) is 11.5. The highest BCUT2D eigenvalue weighted by atomic mass is 16.6. The van der Waals surface area contributed by atoms with E-state index in [1.54, 1.807) is 20.8 Å². The largest absolute Gasteiger partial charge is 0.462 e. The molecule has 3 aliphatic rings. The molecule has 3 rings (SSSR count). The number of carbonyl (C=O) groups is 5. The first-order chi connectivity index (χ1) is 17.8. The molecule has 11 nitrogen and oxygen atoms in total. The number of carbonyl (C=O) groups excluding carboxylic acids is 5. The Morgan fingerprint density at radius 2 is 1.36 bits per heavy atom. The van der Waals surface area contributed by atoms with Crippen LogP contribution < -0.4 is 0 Å². The second-order valence-corrected chi connectivity index (χ2v) is 11.5. The van der Waals surface area contributed by atoms with Crippen molar-refractivity contribution in [2.24, 2.45) is 16.7 Å². The van der Waals surface area contributed by atoms with Crippen LogP contribution in [0.15, 0.2) is 23.3 Å². The molecule has 2 N–H and O–H groups in total. The van der Waals surface area contributed by atoms with Crippen LogP contribution in [-0.2, 0) is 42.9 Å². The molecule has 0 radical (unpaired) electrons. The summed E-state index contributed by atoms with van der Waals surface area (Å²) in [5, 5.41) is 23.5. The lowest BCUT2D eigenvalue weighted by Crippen LogP contribution is -2.73. The summed E-state index contributed by atoms with van der Waals surface area (Å²) in [7, 11) is 0. The molecule has 0 aromatic carbocycles. The molecular weight excluding hydrogens is 512 g/mol. The van der Waals surface area contributed by atoms with Crippen LogP contribution in [0, 0.1) is 16.7 Å². The molecule has 0 saturated heterocycles. The number of fused-ring (bicyclic) bond motifs is 3. The summed E-state index contributed by atoms with van der Waals surface area (Å²) in [5.74, 6) is -4.75. The van der Waals surface area contributed by atoms with E-state index in [4.69, 9.17) is 18.9 Å². The maximum Gasteiger partial charge on any atom is 0.303 e. The molecule has 0 unspecified atom stereocenters. The molecular formula is C28H38O11. The molecule has 2 saturated carbocycles. The average molecular weight is 551 g/mol. The highest BCUT2D eigenvalue weighted by Crippen LogP contribution is 2.62. The first-order valence-corrected chi connectivity index (χ1v) is 12.8. The van der Waals surface area contributed by atoms with Crippen molar-refractivity contribution < 1.29 is 53.1 Å². The Balaban J connectivity index is 2.56. The molecule has 2 bridgehead atoms. The smallest absolute Gasteiger partial charge is 0.303 e. The van der Waals surface area contributed by atoms with Crippen LogP contribution in [-0.4, -0.2) is 76.0 Å². The van der Waals surface area contributed by atoms with Gasteiger partial charge in [0.2, 0.25) is 0 Å². The topological polar surface area (TPSA) is 163 Å². The third-order valence-corrected chi connectivity index (χ3v) is 8.77. The molecule has 216 valence electrons. The summed E-state index contributed by atoms with van der Waals surface area (Å²) in [5.41, 5.74) is -4.60. The van der Waals surface area contributed by atoms with Crippen LogP contribution in [0.3, 0.4) is 0 Å². The van der Waals surface area contributed by atoms with Crippen LogP contribution >= 0.6 is 0 Å². The molecule has 0 amide bonds. The van der Waals surface area contributed by atoms with E-state index in [0.717, 1.165) is 20.8 Å². The van der Waals surface area contributed by atoms with Crippen molar-refractivity contribution in [2.75, 3.05) is 0 Å². The number of aliphatic hydroxyl groups is 2. The zero-order valence-electron chi connectivity index (χ0n) is 23.7. The zero-order valence-corrected chi connectivity index (χ0v) is 23.7. The monoisotopic (exact) mass is 550 g/mol. The van der Waals surface area contributed by atoms with E-state index < -0.39 is 89.0 Å². The number of allylic oxidation sites excluding steroid dienone is 1. The Morgan fingerprint density at radius 3 is 1.85 bits per heavy atom. The van der Waals surface area contributed by atoms with Gasteiger partial charge in [0.05, 0.1) is 11.5 Å². The minimum absolute atomic E-state index is 0.109. The van der Waals surface area contributed by atoms with Crippen molar-refractivity contribution in [1.29, 1.82) is 0 Å². The first kappa shape index (κ1) is 30.5. The summed E-state index contributed by atoms with van der Waals surface area (Å²) >= 11 is 0. The van der Waals surface area contributed by atoms with Crippen LogP contribution in [0.2, 0.25) is 0 Å². The fourth-order valence-electron chi connectivity index (χ4n) is 6.91. The molecule has 0 heterocycles. The van der Waals surface area contributed by atoms with E-state index in [-0.39, 0.29) is 23.1 Å². The van der Waals surface area contributed by atoms with E-state index in [0.29, 0.717) is 0 Å². The molecule has 0 aliphatic heterocycles. The van der Waals surface area contributed by atoms with Gasteiger partial charge in [-0.3, -0.25) is 24.0 Å². The summed E-state index contributed by atoms with van der Waals surface area (Å²) in [6.45, 7) is 15.0. The van der Waals surface area contributed by atoms with Crippen molar-refractivity contribution >= 4 is 29.7 Å². The van der Waals surface area contributed by atoms with Gasteiger partial charge in [-0.05, 0) is 23.6 Å². The van der Waals surface area contributed by atoms with Crippen molar-refractivity contribution in [2.45, 2.75) is 104 Å². The van der Waals surface area contributed by atoms with Crippen molar-refractivity contribution in [3.05, 3.63) is 23.3 Å². The quantitative estimate of drug-likeness (QED) is 0.298. The predicted octanol–water partition coefficient (Wildman–Crippen LogP) is 1.72. The highest BCUT2D eigenvalue weighted by Gasteiger charge is 2.71. The fourth-order valence-corrected chi connectivity index (χ4v) is 6.91. The highest BCUT2D eigenvalue weighted by molar-refractivity contribution is 5.98. The Bertz CT molecular complexity index is 1150. The average Bonchev–Trinajstić information content (AvgIpc) is 2.77. The van der Waals surface area contributed by atoms with Gasteiger partial charge in [-0.15, -0.1) is 0 Å². The summed E-state index contributed by atoms with van der Waals surface area (Å²) in [6, 6.07) is 0. The fraction of sp³-hybridized carbons (Fsp3) is 0.679. The van der Waals surface area contributed by atoms with Crippen molar-refractivity contribution in [1.82, 2.24) is 0 Å². The normalized spacial score (nSPS) is 37.6. The lowest BCUT2D eigenvalue weighted by Gasteiger charge is -2.63. The number of esters is 4. The molecule has 0 aromatic heterocycles. The molecule has 0 spiro atoms. The van der Waals surface area contributed by atoms with Gasteiger partial charge in [0, 0.05) is 51.9 Å². The number of ether oxygens (including phenoxy) is 4. The standard InChI is InChI=1S/C28H38O11/c1-12-18(33)10-20(36-14(3)29)27(9)22(12)24(38-16(5)31)28(35)11-19(34)13(2)21(26(28,7)8)23(37-15(4)30)25(27)39-17(6)32/h18,20,22-25,33,35H,1,10-11H2,2-9H3/t18-,20-,22-,23+,24-,25-,27+,28+/m0/s1. The molecule has 3 aliphatic carbocycles. The Kier molecular flexibility index (Phi) is 7.95. The maximum absolute atomic E-state index is 13.4. The van der Waals surface area contributed by atoms with Gasteiger partial charge in [-0.25, -0.2) is 0 Å². The van der Waals surface area contributed by atoms with Gasteiger partial charge in [0.1, 0.15) is 17.8 Å². The number of ketones is 1. The van der Waals surface area contributed by atoms with Crippen LogP contribution in [0.25, 0.3) is 0 Å². The summed E-state index contributed by atoms with van der Waals surface area (Å²) in [6.07, 6.45) is -7.44. The second kappa shape index (κ2) is 10.2. The SMILES string of the molecule is C=C1[C@@H](O)C[C@H](OC(C)=O)[C@@]2(C)[C@@H](OC(C)=O)[C@H](OC(C)=O)C3=C(C)C(=O)C[C@@](O)([C@@H](OC(C)=O)[C@H]12)C3(C)C. The Labute approximate surface area is 227 Å². The number of rotatable bonds is 4. The molecule has 2 fully saturated rings. The van der Waals surface area contributed by atoms with Gasteiger partial charge in [0.15, 0.2) is 18.0 Å². The van der Waals surface area contributed by atoms with E-state index >= 15 is 0 Å². The number of hydrogen-bond donors (Lipinski definition) is 2. The minimum Gasteiger partial charge on any atom is -0.462 e. The maximum atomic E-state index is 13.4. The molecule has 8 atom stereocenters. The number of aliphatic hydroxyl groups excluding tert-OH is 1.